The predicted molar refractivity (Wildman–Crippen MR) is 50.5 cm³/mol. The number of hydrogen-bond donors (Lipinski definition) is 2. The van der Waals surface area contributed by atoms with Crippen LogP contribution in [0.4, 0.5) is 0 Å². The average molecular weight is 185 g/mol. The highest BCUT2D eigenvalue weighted by molar-refractivity contribution is 4.87. The SMILES string of the molecule is COC1CC(C[C@@H]2CNC[C@H]2O)C1. The summed E-state index contributed by atoms with van der Waals surface area (Å²) in [5.74, 6) is 1.28. The van der Waals surface area contributed by atoms with Crippen LogP contribution in [0.5, 0.6) is 0 Å². The minimum Gasteiger partial charge on any atom is -0.391 e. The van der Waals surface area contributed by atoms with Gasteiger partial charge in [0.2, 0.25) is 0 Å². The van der Waals surface area contributed by atoms with Gasteiger partial charge in [0.15, 0.2) is 0 Å². The lowest BCUT2D eigenvalue weighted by atomic mass is 9.76. The lowest BCUT2D eigenvalue weighted by Gasteiger charge is -2.36. The van der Waals surface area contributed by atoms with E-state index in [1.54, 1.807) is 7.11 Å². The van der Waals surface area contributed by atoms with E-state index in [-0.39, 0.29) is 6.10 Å². The molecule has 1 heterocycles. The Bertz CT molecular complexity index is 168. The summed E-state index contributed by atoms with van der Waals surface area (Å²) in [5.41, 5.74) is 0. The molecule has 76 valence electrons. The summed E-state index contributed by atoms with van der Waals surface area (Å²) in [5, 5.41) is 12.8. The molecule has 0 unspecified atom stereocenters. The molecule has 0 aromatic heterocycles. The molecule has 0 aromatic rings. The van der Waals surface area contributed by atoms with Gasteiger partial charge in [-0.3, -0.25) is 0 Å². The highest BCUT2D eigenvalue weighted by atomic mass is 16.5. The van der Waals surface area contributed by atoms with E-state index in [1.807, 2.05) is 0 Å². The lowest BCUT2D eigenvalue weighted by Crippen LogP contribution is -2.33. The van der Waals surface area contributed by atoms with Crippen LogP contribution in [-0.2, 0) is 4.74 Å². The van der Waals surface area contributed by atoms with Gasteiger partial charge in [-0.25, -0.2) is 0 Å². The summed E-state index contributed by atoms with van der Waals surface area (Å²) in [7, 11) is 1.78. The lowest BCUT2D eigenvalue weighted by molar-refractivity contribution is -0.0122. The van der Waals surface area contributed by atoms with Crippen LogP contribution in [0.15, 0.2) is 0 Å². The number of β-amino-alcohol motifs (C(OH)–C–C–N with tert-alkyl or cyclic N) is 1. The molecule has 2 N–H and O–H groups in total. The summed E-state index contributed by atoms with van der Waals surface area (Å²) in [6.07, 6.45) is 3.95. The molecule has 2 atom stereocenters. The van der Waals surface area contributed by atoms with Crippen molar-refractivity contribution < 1.29 is 9.84 Å². The van der Waals surface area contributed by atoms with Gasteiger partial charge < -0.3 is 15.2 Å². The van der Waals surface area contributed by atoms with Gasteiger partial charge in [-0.15, -0.1) is 0 Å². The Kier molecular flexibility index (Phi) is 2.86. The molecule has 2 rings (SSSR count). The number of nitrogens with one attached hydrogen (secondary N) is 1. The van der Waals surface area contributed by atoms with E-state index in [0.717, 1.165) is 19.0 Å². The van der Waals surface area contributed by atoms with E-state index in [4.69, 9.17) is 4.74 Å². The highest BCUT2D eigenvalue weighted by Crippen LogP contribution is 2.35. The van der Waals surface area contributed by atoms with Crippen molar-refractivity contribution in [2.45, 2.75) is 31.5 Å². The molecule has 1 aliphatic carbocycles. The van der Waals surface area contributed by atoms with Crippen molar-refractivity contribution in [2.75, 3.05) is 20.2 Å². The van der Waals surface area contributed by atoms with Gasteiger partial charge in [0.25, 0.3) is 0 Å². The summed E-state index contributed by atoms with van der Waals surface area (Å²) in [6, 6.07) is 0. The van der Waals surface area contributed by atoms with Crippen LogP contribution in [0.2, 0.25) is 0 Å². The second-order valence-electron chi connectivity index (χ2n) is 4.42. The molecule has 2 aliphatic rings. The number of ether oxygens (including phenoxy) is 1. The van der Waals surface area contributed by atoms with E-state index in [0.29, 0.717) is 12.0 Å². The van der Waals surface area contributed by atoms with Crippen molar-refractivity contribution in [1.29, 1.82) is 0 Å². The van der Waals surface area contributed by atoms with Gasteiger partial charge in [-0.1, -0.05) is 0 Å². The molecule has 2 fully saturated rings. The zero-order valence-corrected chi connectivity index (χ0v) is 8.20. The first kappa shape index (κ1) is 9.44. The standard InChI is InChI=1S/C10H19NO2/c1-13-9-3-7(4-9)2-8-5-11-6-10(8)12/h7-12H,2-6H2,1H3/t7?,8-,9?,10-/m1/s1. The van der Waals surface area contributed by atoms with Crippen LogP contribution in [0.25, 0.3) is 0 Å². The largest absolute Gasteiger partial charge is 0.391 e. The summed E-state index contributed by atoms with van der Waals surface area (Å²) in [4.78, 5) is 0. The molecule has 1 saturated heterocycles. The zero-order chi connectivity index (χ0) is 9.26. The fourth-order valence-electron chi connectivity index (χ4n) is 2.45. The summed E-state index contributed by atoms with van der Waals surface area (Å²) < 4.78 is 5.23. The second kappa shape index (κ2) is 3.95. The Morgan fingerprint density at radius 3 is 2.69 bits per heavy atom. The fraction of sp³-hybridized carbons (Fsp3) is 1.00. The monoisotopic (exact) mass is 185 g/mol. The fourth-order valence-corrected chi connectivity index (χ4v) is 2.45. The van der Waals surface area contributed by atoms with E-state index in [2.05, 4.69) is 5.32 Å². The molecule has 3 heteroatoms. The molecular formula is C10H19NO2. The number of hydrogen-bond acceptors (Lipinski definition) is 3. The van der Waals surface area contributed by atoms with Gasteiger partial charge in [-0.05, 0) is 31.1 Å². The first-order valence-electron chi connectivity index (χ1n) is 5.21. The average Bonchev–Trinajstić information content (AvgIpc) is 2.43. The second-order valence-corrected chi connectivity index (χ2v) is 4.42. The van der Waals surface area contributed by atoms with Crippen molar-refractivity contribution in [1.82, 2.24) is 5.32 Å². The Morgan fingerprint density at radius 1 is 1.38 bits per heavy atom. The number of methoxy groups -OCH3 is 1. The smallest absolute Gasteiger partial charge is 0.0704 e. The van der Waals surface area contributed by atoms with Crippen LogP contribution in [0.3, 0.4) is 0 Å². The minimum atomic E-state index is -0.110. The van der Waals surface area contributed by atoms with Crippen molar-refractivity contribution in [3.05, 3.63) is 0 Å². The van der Waals surface area contributed by atoms with E-state index >= 15 is 0 Å². The number of aliphatic hydroxyl groups excluding tert-OH is 1. The first-order valence-corrected chi connectivity index (χ1v) is 5.21. The third-order valence-electron chi connectivity index (χ3n) is 3.47. The Hall–Kier alpha value is -0.120. The zero-order valence-electron chi connectivity index (χ0n) is 8.20. The molecule has 0 aromatic carbocycles. The predicted octanol–water partition coefficient (Wildman–Crippen LogP) is 0.382. The Morgan fingerprint density at radius 2 is 2.15 bits per heavy atom. The summed E-state index contributed by atoms with van der Waals surface area (Å²) in [6.45, 7) is 1.78. The maximum atomic E-state index is 9.59. The molecule has 0 amide bonds. The molecule has 1 saturated carbocycles. The topological polar surface area (TPSA) is 41.5 Å². The number of rotatable bonds is 3. The maximum absolute atomic E-state index is 9.59. The molecular weight excluding hydrogens is 166 g/mol. The quantitative estimate of drug-likeness (QED) is 0.668. The first-order chi connectivity index (χ1) is 6.29. The van der Waals surface area contributed by atoms with Crippen molar-refractivity contribution in [3.63, 3.8) is 0 Å². The molecule has 0 bridgehead atoms. The van der Waals surface area contributed by atoms with Crippen molar-refractivity contribution in [3.8, 4) is 0 Å². The maximum Gasteiger partial charge on any atom is 0.0704 e. The molecule has 13 heavy (non-hydrogen) atoms. The normalized spacial score (nSPS) is 44.8. The minimum absolute atomic E-state index is 0.110. The van der Waals surface area contributed by atoms with Gasteiger partial charge in [0.05, 0.1) is 12.2 Å². The van der Waals surface area contributed by atoms with Crippen LogP contribution < -0.4 is 5.32 Å². The van der Waals surface area contributed by atoms with Gasteiger partial charge in [0, 0.05) is 20.2 Å². The van der Waals surface area contributed by atoms with Crippen LogP contribution in [0, 0.1) is 11.8 Å². The van der Waals surface area contributed by atoms with E-state index < -0.39 is 0 Å². The molecule has 1 aliphatic heterocycles. The van der Waals surface area contributed by atoms with Crippen LogP contribution in [0.1, 0.15) is 19.3 Å². The van der Waals surface area contributed by atoms with Gasteiger partial charge in [0.1, 0.15) is 0 Å². The highest BCUT2D eigenvalue weighted by Gasteiger charge is 2.34. The summed E-state index contributed by atoms with van der Waals surface area (Å²) >= 11 is 0. The third kappa shape index (κ3) is 2.03. The van der Waals surface area contributed by atoms with Crippen LogP contribution >= 0.6 is 0 Å². The Balaban J connectivity index is 1.68. The Labute approximate surface area is 79.5 Å². The third-order valence-corrected chi connectivity index (χ3v) is 3.47. The number of aliphatic hydroxyl groups is 1. The molecule has 3 nitrogen and oxygen atoms in total. The van der Waals surface area contributed by atoms with E-state index in [9.17, 15) is 5.11 Å². The van der Waals surface area contributed by atoms with Gasteiger partial charge in [-0.2, -0.15) is 0 Å². The van der Waals surface area contributed by atoms with Crippen molar-refractivity contribution >= 4 is 0 Å². The van der Waals surface area contributed by atoms with Crippen molar-refractivity contribution in [2.24, 2.45) is 11.8 Å². The molecule has 0 radical (unpaired) electrons. The molecule has 0 spiro atoms. The van der Waals surface area contributed by atoms with E-state index in [1.165, 1.54) is 19.3 Å². The van der Waals surface area contributed by atoms with Crippen LogP contribution in [-0.4, -0.2) is 37.5 Å². The van der Waals surface area contributed by atoms with Gasteiger partial charge >= 0.3 is 0 Å².